The first-order chi connectivity index (χ1) is 8.31. The van der Waals surface area contributed by atoms with E-state index in [9.17, 15) is 4.79 Å². The monoisotopic (exact) mass is 229 g/mol. The van der Waals surface area contributed by atoms with Crippen molar-refractivity contribution in [3.8, 4) is 0 Å². The summed E-state index contributed by atoms with van der Waals surface area (Å²) in [4.78, 5) is 15.7. The maximum Gasteiger partial charge on any atom is 0.234 e. The number of hydrogen-bond donors (Lipinski definition) is 2. The molecule has 88 valence electrons. The molecule has 0 saturated heterocycles. The van der Waals surface area contributed by atoms with E-state index in [0.29, 0.717) is 13.1 Å². The Labute approximate surface area is 100 Å². The zero-order valence-electron chi connectivity index (χ0n) is 9.73. The number of para-hydroxylation sites is 1. The molecular formula is C13H15N3O. The predicted molar refractivity (Wildman–Crippen MR) is 67.5 cm³/mol. The van der Waals surface area contributed by atoms with E-state index in [1.165, 1.54) is 0 Å². The van der Waals surface area contributed by atoms with Crippen LogP contribution in [-0.4, -0.2) is 24.5 Å². The first-order valence-electron chi connectivity index (χ1n) is 5.55. The van der Waals surface area contributed by atoms with E-state index in [4.69, 9.17) is 0 Å². The Hall–Kier alpha value is -1.94. The molecule has 1 aromatic carbocycles. The molecule has 0 bridgehead atoms. The average molecular weight is 229 g/mol. The molecule has 0 aliphatic carbocycles. The Balaban J connectivity index is 2.16. The van der Waals surface area contributed by atoms with Gasteiger partial charge in [-0.05, 0) is 18.7 Å². The Bertz CT molecular complexity index is 520. The third-order valence-electron chi connectivity index (χ3n) is 2.53. The van der Waals surface area contributed by atoms with Crippen molar-refractivity contribution < 1.29 is 4.79 Å². The van der Waals surface area contributed by atoms with E-state index < -0.39 is 0 Å². The lowest BCUT2D eigenvalue weighted by molar-refractivity contribution is -0.120. The number of nitrogens with one attached hydrogen (secondary N) is 2. The number of benzene rings is 1. The summed E-state index contributed by atoms with van der Waals surface area (Å²) in [6, 6.07) is 9.90. The molecule has 1 heterocycles. The number of fused-ring (bicyclic) bond motifs is 1. The number of likely N-dealkylation sites (N-methyl/N-ethyl adjacent to an activating group) is 1. The first kappa shape index (κ1) is 11.5. The van der Waals surface area contributed by atoms with Crippen molar-refractivity contribution in [1.29, 1.82) is 0 Å². The van der Waals surface area contributed by atoms with Crippen LogP contribution in [-0.2, 0) is 11.3 Å². The van der Waals surface area contributed by atoms with E-state index in [2.05, 4.69) is 15.6 Å². The lowest BCUT2D eigenvalue weighted by Gasteiger charge is -2.07. The zero-order chi connectivity index (χ0) is 12.1. The van der Waals surface area contributed by atoms with Crippen LogP contribution in [0.15, 0.2) is 36.5 Å². The second-order valence-electron chi connectivity index (χ2n) is 3.80. The van der Waals surface area contributed by atoms with Crippen molar-refractivity contribution in [1.82, 2.24) is 15.6 Å². The fourth-order valence-corrected chi connectivity index (χ4v) is 1.73. The molecule has 0 spiro atoms. The van der Waals surface area contributed by atoms with Crippen LogP contribution in [0.25, 0.3) is 10.9 Å². The number of nitrogens with zero attached hydrogens (tertiary/aromatic N) is 1. The average Bonchev–Trinajstić information content (AvgIpc) is 2.36. The molecule has 0 radical (unpaired) electrons. The highest BCUT2D eigenvalue weighted by molar-refractivity contribution is 5.82. The molecule has 2 aromatic rings. The minimum absolute atomic E-state index is 0.0135. The Morgan fingerprint density at radius 1 is 1.29 bits per heavy atom. The molecule has 2 N–H and O–H groups in total. The smallest absolute Gasteiger partial charge is 0.234 e. The lowest BCUT2D eigenvalue weighted by atomic mass is 10.1. The molecule has 0 fully saturated rings. The van der Waals surface area contributed by atoms with Gasteiger partial charge in [-0.15, -0.1) is 0 Å². The Morgan fingerprint density at radius 3 is 2.94 bits per heavy atom. The van der Waals surface area contributed by atoms with Gasteiger partial charge in [-0.2, -0.15) is 0 Å². The summed E-state index contributed by atoms with van der Waals surface area (Å²) in [6.07, 6.45) is 1.77. The van der Waals surface area contributed by atoms with Crippen molar-refractivity contribution in [2.45, 2.75) is 6.54 Å². The van der Waals surface area contributed by atoms with E-state index in [1.807, 2.05) is 30.3 Å². The second kappa shape index (κ2) is 5.41. The van der Waals surface area contributed by atoms with E-state index in [-0.39, 0.29) is 5.91 Å². The van der Waals surface area contributed by atoms with Gasteiger partial charge >= 0.3 is 0 Å². The summed E-state index contributed by atoms with van der Waals surface area (Å²) in [7, 11) is 1.75. The van der Waals surface area contributed by atoms with Gasteiger partial charge < -0.3 is 10.6 Å². The summed E-state index contributed by atoms with van der Waals surface area (Å²) in [5, 5.41) is 6.75. The number of rotatable bonds is 4. The van der Waals surface area contributed by atoms with Gasteiger partial charge in [0.2, 0.25) is 5.91 Å². The van der Waals surface area contributed by atoms with E-state index >= 15 is 0 Å². The number of amides is 1. The summed E-state index contributed by atoms with van der Waals surface area (Å²) >= 11 is 0. The SMILES string of the molecule is CNCC(=O)NCc1cccc2cccnc12. The quantitative estimate of drug-likeness (QED) is 0.824. The van der Waals surface area contributed by atoms with Crippen LogP contribution >= 0.6 is 0 Å². The maximum absolute atomic E-state index is 11.4. The number of aromatic nitrogens is 1. The maximum atomic E-state index is 11.4. The van der Waals surface area contributed by atoms with Crippen molar-refractivity contribution in [2.75, 3.05) is 13.6 Å². The number of carbonyl (C=O) groups excluding carboxylic acids is 1. The molecular weight excluding hydrogens is 214 g/mol. The first-order valence-corrected chi connectivity index (χ1v) is 5.55. The van der Waals surface area contributed by atoms with Crippen LogP contribution in [0.5, 0.6) is 0 Å². The van der Waals surface area contributed by atoms with Crippen LogP contribution in [0.2, 0.25) is 0 Å². The molecule has 4 heteroatoms. The third-order valence-corrected chi connectivity index (χ3v) is 2.53. The van der Waals surface area contributed by atoms with Crippen LogP contribution < -0.4 is 10.6 Å². The van der Waals surface area contributed by atoms with Crippen LogP contribution in [0.4, 0.5) is 0 Å². The Morgan fingerprint density at radius 2 is 2.12 bits per heavy atom. The molecule has 0 aliphatic heterocycles. The van der Waals surface area contributed by atoms with Crippen molar-refractivity contribution in [3.05, 3.63) is 42.1 Å². The molecule has 0 saturated carbocycles. The third kappa shape index (κ3) is 2.79. The van der Waals surface area contributed by atoms with Crippen molar-refractivity contribution in [3.63, 3.8) is 0 Å². The molecule has 0 atom stereocenters. The van der Waals surface area contributed by atoms with Crippen molar-refractivity contribution in [2.24, 2.45) is 0 Å². The second-order valence-corrected chi connectivity index (χ2v) is 3.80. The molecule has 0 unspecified atom stereocenters. The van der Waals surface area contributed by atoms with Gasteiger partial charge in [-0.25, -0.2) is 0 Å². The molecule has 1 amide bonds. The highest BCUT2D eigenvalue weighted by atomic mass is 16.1. The molecule has 17 heavy (non-hydrogen) atoms. The topological polar surface area (TPSA) is 54.0 Å². The molecule has 2 rings (SSSR count). The van der Waals surface area contributed by atoms with E-state index in [1.54, 1.807) is 13.2 Å². The van der Waals surface area contributed by atoms with Gasteiger partial charge in [0.15, 0.2) is 0 Å². The normalized spacial score (nSPS) is 10.4. The van der Waals surface area contributed by atoms with Crippen LogP contribution in [0.3, 0.4) is 0 Å². The van der Waals surface area contributed by atoms with Gasteiger partial charge in [-0.3, -0.25) is 9.78 Å². The van der Waals surface area contributed by atoms with Crippen LogP contribution in [0, 0.1) is 0 Å². The molecule has 1 aromatic heterocycles. The van der Waals surface area contributed by atoms with Gasteiger partial charge in [-0.1, -0.05) is 24.3 Å². The highest BCUT2D eigenvalue weighted by Crippen LogP contribution is 2.15. The summed E-state index contributed by atoms with van der Waals surface area (Å²) in [5.74, 6) is -0.0135. The number of pyridine rings is 1. The minimum Gasteiger partial charge on any atom is -0.351 e. The Kier molecular flexibility index (Phi) is 3.67. The zero-order valence-corrected chi connectivity index (χ0v) is 9.73. The van der Waals surface area contributed by atoms with Gasteiger partial charge in [0.25, 0.3) is 0 Å². The molecule has 0 aliphatic rings. The minimum atomic E-state index is -0.0135. The van der Waals surface area contributed by atoms with Crippen LogP contribution in [0.1, 0.15) is 5.56 Å². The molecule has 4 nitrogen and oxygen atoms in total. The summed E-state index contributed by atoms with van der Waals surface area (Å²) in [5.41, 5.74) is 1.98. The van der Waals surface area contributed by atoms with Gasteiger partial charge in [0, 0.05) is 18.1 Å². The van der Waals surface area contributed by atoms with Crippen molar-refractivity contribution >= 4 is 16.8 Å². The van der Waals surface area contributed by atoms with Gasteiger partial charge in [0.05, 0.1) is 12.1 Å². The van der Waals surface area contributed by atoms with Gasteiger partial charge in [0.1, 0.15) is 0 Å². The largest absolute Gasteiger partial charge is 0.351 e. The lowest BCUT2D eigenvalue weighted by Crippen LogP contribution is -2.31. The predicted octanol–water partition coefficient (Wildman–Crippen LogP) is 1.07. The standard InChI is InChI=1S/C13H15N3O/c1-14-9-12(17)16-8-11-5-2-4-10-6-3-7-15-13(10)11/h2-7,14H,8-9H2,1H3,(H,16,17). The summed E-state index contributed by atoms with van der Waals surface area (Å²) < 4.78 is 0. The number of carbonyl (C=O) groups is 1. The van der Waals surface area contributed by atoms with E-state index in [0.717, 1.165) is 16.5 Å². The highest BCUT2D eigenvalue weighted by Gasteiger charge is 2.03. The summed E-state index contributed by atoms with van der Waals surface area (Å²) in [6.45, 7) is 0.840. The number of hydrogen-bond acceptors (Lipinski definition) is 3. The fraction of sp³-hybridized carbons (Fsp3) is 0.231. The fourth-order valence-electron chi connectivity index (χ4n) is 1.73.